The first-order chi connectivity index (χ1) is 15.1. The van der Waals surface area contributed by atoms with Gasteiger partial charge in [-0.1, -0.05) is 23.2 Å². The van der Waals surface area contributed by atoms with Gasteiger partial charge in [-0.3, -0.25) is 4.79 Å². The summed E-state index contributed by atoms with van der Waals surface area (Å²) in [6.45, 7) is 0. The van der Waals surface area contributed by atoms with Gasteiger partial charge in [0.05, 0.1) is 16.3 Å². The molecule has 1 aromatic carbocycles. The predicted octanol–water partition coefficient (Wildman–Crippen LogP) is 4.38. The van der Waals surface area contributed by atoms with E-state index in [4.69, 9.17) is 33.8 Å². The van der Waals surface area contributed by atoms with Crippen molar-refractivity contribution in [3.05, 3.63) is 78.4 Å². The number of hydrogen-bond acceptors (Lipinski definition) is 5. The van der Waals surface area contributed by atoms with Crippen molar-refractivity contribution in [3.8, 4) is 17.3 Å². The van der Waals surface area contributed by atoms with Crippen molar-refractivity contribution in [1.82, 2.24) is 14.2 Å². The van der Waals surface area contributed by atoms with E-state index >= 15 is 0 Å². The number of nitrogens with two attached hydrogens (primary N) is 1. The van der Waals surface area contributed by atoms with Gasteiger partial charge in [-0.25, -0.2) is 23.4 Å². The Morgan fingerprint density at radius 2 is 1.58 bits per heavy atom. The molecule has 7 nitrogen and oxygen atoms in total. The Bertz CT molecular complexity index is 1370. The molecule has 2 heterocycles. The number of nitrogens with zero attached hydrogens (tertiary/aromatic N) is 3. The van der Waals surface area contributed by atoms with E-state index in [1.165, 1.54) is 0 Å². The quantitative estimate of drug-likeness (QED) is 0.410. The van der Waals surface area contributed by atoms with Crippen LogP contribution in [0.25, 0.3) is 5.69 Å². The number of benzene rings is 1. The van der Waals surface area contributed by atoms with Gasteiger partial charge in [-0.2, -0.15) is 26.3 Å². The third-order valence-electron chi connectivity index (χ3n) is 4.01. The fourth-order valence-electron chi connectivity index (χ4n) is 2.52. The van der Waals surface area contributed by atoms with Crippen LogP contribution in [0.2, 0.25) is 10.0 Å². The second-order valence-corrected chi connectivity index (χ2v) is 7.01. The van der Waals surface area contributed by atoms with Gasteiger partial charge in [0.2, 0.25) is 5.88 Å². The molecule has 0 bridgehead atoms. The molecule has 33 heavy (non-hydrogen) atoms. The lowest BCUT2D eigenvalue weighted by Crippen LogP contribution is -2.45. The number of halogens is 9. The van der Waals surface area contributed by atoms with Crippen LogP contribution in [-0.2, 0) is 12.4 Å². The molecule has 3 aromatic rings. The van der Waals surface area contributed by atoms with Crippen molar-refractivity contribution in [3.63, 3.8) is 0 Å². The van der Waals surface area contributed by atoms with Crippen LogP contribution in [0.3, 0.4) is 0 Å². The monoisotopic (exact) mass is 518 g/mol. The van der Waals surface area contributed by atoms with Gasteiger partial charge in [-0.05, 0) is 12.1 Å². The lowest BCUT2D eigenvalue weighted by molar-refractivity contribution is -0.143. The third kappa shape index (κ3) is 4.75. The molecule has 2 aromatic heterocycles. The van der Waals surface area contributed by atoms with Crippen LogP contribution < -0.4 is 21.8 Å². The zero-order valence-electron chi connectivity index (χ0n) is 15.4. The number of pyridine rings is 1. The minimum absolute atomic E-state index is 0.0322. The van der Waals surface area contributed by atoms with Crippen LogP contribution in [0.15, 0.2) is 40.1 Å². The Hall–Kier alpha value is -3.26. The number of nitrogen functional groups attached to an aromatic ring is 1. The standard InChI is InChI=1S/C17H7Cl2F7N4O3/c18-7-2-9(20)10(29-13(31)4-12(17(24,25)26)30(27)15(29)32)3-11(7)33-14-8(19)1-6(5-28-14)16(21,22)23/h1-5H,27H2. The number of hydrogen-bond donors (Lipinski definition) is 1. The first kappa shape index (κ1) is 24.4. The normalized spacial score (nSPS) is 12.2. The van der Waals surface area contributed by atoms with Crippen LogP contribution in [0.1, 0.15) is 11.3 Å². The predicted molar refractivity (Wildman–Crippen MR) is 101 cm³/mol. The molecule has 0 radical (unpaired) electrons. The molecule has 176 valence electrons. The highest BCUT2D eigenvalue weighted by Gasteiger charge is 2.36. The van der Waals surface area contributed by atoms with Crippen LogP contribution in [-0.4, -0.2) is 14.2 Å². The number of alkyl halides is 6. The second-order valence-electron chi connectivity index (χ2n) is 6.20. The van der Waals surface area contributed by atoms with Crippen molar-refractivity contribution < 1.29 is 35.5 Å². The van der Waals surface area contributed by atoms with Gasteiger partial charge in [0.1, 0.15) is 16.6 Å². The van der Waals surface area contributed by atoms with Crippen LogP contribution in [0.5, 0.6) is 11.6 Å². The van der Waals surface area contributed by atoms with Crippen molar-refractivity contribution in [2.24, 2.45) is 0 Å². The maximum atomic E-state index is 14.5. The third-order valence-corrected chi connectivity index (χ3v) is 4.58. The van der Waals surface area contributed by atoms with Crippen molar-refractivity contribution >= 4 is 23.2 Å². The molecule has 0 saturated heterocycles. The minimum Gasteiger partial charge on any atom is -0.436 e. The first-order valence-corrected chi connectivity index (χ1v) is 8.98. The lowest BCUT2D eigenvalue weighted by Gasteiger charge is -2.15. The molecule has 0 aliphatic rings. The number of rotatable bonds is 3. The molecule has 0 fully saturated rings. The summed E-state index contributed by atoms with van der Waals surface area (Å²) in [5.41, 5.74) is -7.26. The van der Waals surface area contributed by atoms with Gasteiger partial charge >= 0.3 is 18.0 Å². The zero-order valence-corrected chi connectivity index (χ0v) is 16.9. The molecular formula is C17H7Cl2F7N4O3. The Morgan fingerprint density at radius 1 is 0.939 bits per heavy atom. The van der Waals surface area contributed by atoms with E-state index in [0.717, 1.165) is 0 Å². The van der Waals surface area contributed by atoms with Crippen molar-refractivity contribution in [2.75, 3.05) is 5.84 Å². The summed E-state index contributed by atoms with van der Waals surface area (Å²) in [5, 5.41) is -1.12. The van der Waals surface area contributed by atoms with E-state index in [2.05, 4.69) is 4.98 Å². The fourth-order valence-corrected chi connectivity index (χ4v) is 2.92. The molecule has 2 N–H and O–H groups in total. The first-order valence-electron chi connectivity index (χ1n) is 8.22. The number of ether oxygens (including phenoxy) is 1. The maximum absolute atomic E-state index is 14.5. The summed E-state index contributed by atoms with van der Waals surface area (Å²) >= 11 is 11.6. The van der Waals surface area contributed by atoms with Crippen molar-refractivity contribution in [1.29, 1.82) is 0 Å². The topological polar surface area (TPSA) is 92.1 Å². The largest absolute Gasteiger partial charge is 0.436 e. The lowest BCUT2D eigenvalue weighted by atomic mass is 10.2. The van der Waals surface area contributed by atoms with E-state index in [9.17, 15) is 40.3 Å². The van der Waals surface area contributed by atoms with E-state index in [1.807, 2.05) is 0 Å². The summed E-state index contributed by atoms with van der Waals surface area (Å²) in [5.74, 6) is 2.62. The molecule has 3 rings (SSSR count). The summed E-state index contributed by atoms with van der Waals surface area (Å²) in [4.78, 5) is 27.8. The Morgan fingerprint density at radius 3 is 2.12 bits per heavy atom. The molecule has 0 spiro atoms. The minimum atomic E-state index is -5.16. The smallest absolute Gasteiger partial charge is 0.433 e. The van der Waals surface area contributed by atoms with E-state index in [0.29, 0.717) is 24.4 Å². The maximum Gasteiger partial charge on any atom is 0.433 e. The summed E-state index contributed by atoms with van der Waals surface area (Å²) in [7, 11) is 0. The fraction of sp³-hybridized carbons (Fsp3) is 0.118. The molecule has 0 aliphatic carbocycles. The van der Waals surface area contributed by atoms with Gasteiger partial charge < -0.3 is 10.6 Å². The van der Waals surface area contributed by atoms with Crippen LogP contribution >= 0.6 is 23.2 Å². The van der Waals surface area contributed by atoms with Crippen molar-refractivity contribution in [2.45, 2.75) is 12.4 Å². The Labute approximate surface area is 187 Å². The average molecular weight is 519 g/mol. The van der Waals surface area contributed by atoms with E-state index in [-0.39, 0.29) is 10.6 Å². The highest BCUT2D eigenvalue weighted by Crippen LogP contribution is 2.37. The molecule has 0 saturated carbocycles. The van der Waals surface area contributed by atoms with Gasteiger partial charge in [-0.15, -0.1) is 0 Å². The van der Waals surface area contributed by atoms with Crippen LogP contribution in [0, 0.1) is 5.82 Å². The second kappa shape index (κ2) is 8.26. The molecular weight excluding hydrogens is 512 g/mol. The Kier molecular flexibility index (Phi) is 6.10. The summed E-state index contributed by atoms with van der Waals surface area (Å²) in [6, 6.07) is 1.61. The van der Waals surface area contributed by atoms with Gasteiger partial charge in [0, 0.05) is 18.3 Å². The zero-order chi connectivity index (χ0) is 24.9. The van der Waals surface area contributed by atoms with Gasteiger partial charge in [0.15, 0.2) is 5.69 Å². The highest BCUT2D eigenvalue weighted by atomic mass is 35.5. The molecule has 0 unspecified atom stereocenters. The van der Waals surface area contributed by atoms with Gasteiger partial charge in [0.25, 0.3) is 5.56 Å². The highest BCUT2D eigenvalue weighted by molar-refractivity contribution is 6.32. The molecule has 0 atom stereocenters. The van der Waals surface area contributed by atoms with E-state index in [1.54, 1.807) is 0 Å². The molecule has 0 amide bonds. The molecule has 0 aliphatic heterocycles. The Balaban J connectivity index is 2.13. The molecule has 16 heteroatoms. The van der Waals surface area contributed by atoms with E-state index < -0.39 is 72.7 Å². The summed E-state index contributed by atoms with van der Waals surface area (Å²) < 4.78 is 96.2. The van der Waals surface area contributed by atoms with Crippen LogP contribution in [0.4, 0.5) is 30.7 Å². The SMILES string of the molecule is Nn1c(C(F)(F)F)cc(=O)n(-c2cc(Oc3ncc(C(F)(F)F)cc3Cl)c(Cl)cc2F)c1=O. The average Bonchev–Trinajstić information content (AvgIpc) is 2.67. The summed E-state index contributed by atoms with van der Waals surface area (Å²) in [6.07, 6.45) is -9.54. The number of aromatic nitrogens is 3.